The van der Waals surface area contributed by atoms with Crippen LogP contribution >= 0.6 is 0 Å². The van der Waals surface area contributed by atoms with Crippen molar-refractivity contribution in [2.24, 2.45) is 0 Å². The van der Waals surface area contributed by atoms with Crippen molar-refractivity contribution in [1.82, 2.24) is 0 Å². The quantitative estimate of drug-likeness (QED) is 0.353. The summed E-state index contributed by atoms with van der Waals surface area (Å²) in [7, 11) is 0. The molecule has 1 aliphatic rings. The average Bonchev–Trinajstić information content (AvgIpc) is 3.33. The van der Waals surface area contributed by atoms with Crippen LogP contribution in [0.1, 0.15) is 39.0 Å². The number of rotatable bonds is 5. The third-order valence-electron chi connectivity index (χ3n) is 4.38. The zero-order valence-electron chi connectivity index (χ0n) is 15.9. The summed E-state index contributed by atoms with van der Waals surface area (Å²) < 4.78 is 21.8. The van der Waals surface area contributed by atoms with E-state index in [0.29, 0.717) is 29.2 Å². The minimum Gasteiger partial charge on any atom is -0.493 e. The molecule has 0 fully saturated rings. The van der Waals surface area contributed by atoms with Crippen molar-refractivity contribution in [3.8, 4) is 17.2 Å². The smallest absolute Gasteiger partial charge is 0.379 e. The van der Waals surface area contributed by atoms with Gasteiger partial charge < -0.3 is 18.6 Å². The van der Waals surface area contributed by atoms with E-state index in [2.05, 4.69) is 0 Å². The van der Waals surface area contributed by atoms with Crippen LogP contribution in [0.2, 0.25) is 0 Å². The van der Waals surface area contributed by atoms with Crippen LogP contribution in [0.25, 0.3) is 6.08 Å². The summed E-state index contributed by atoms with van der Waals surface area (Å²) in [6.07, 6.45) is 3.05. The summed E-state index contributed by atoms with van der Waals surface area (Å²) in [6, 6.07) is 13.7. The molecule has 1 aliphatic heterocycles. The van der Waals surface area contributed by atoms with Crippen LogP contribution < -0.4 is 14.2 Å². The fourth-order valence-corrected chi connectivity index (χ4v) is 3.12. The standard InChI is InChI=1S/C23H18O6/c1-3-26-17-8-5-4-7-15(17)12-20-22(24)21-14(2)11-16(13-19(21)29-20)28-23(25)18-9-6-10-27-18/h4-13H,3H2,1-2H3/b20-12-. The molecular formula is C23H18O6. The van der Waals surface area contributed by atoms with E-state index in [0.717, 1.165) is 5.56 Å². The van der Waals surface area contributed by atoms with Crippen molar-refractivity contribution in [1.29, 1.82) is 0 Å². The Morgan fingerprint density at radius 2 is 1.97 bits per heavy atom. The minimum atomic E-state index is -0.625. The fourth-order valence-electron chi connectivity index (χ4n) is 3.12. The van der Waals surface area contributed by atoms with Gasteiger partial charge in [0.05, 0.1) is 18.4 Å². The molecule has 1 aromatic heterocycles. The Hall–Kier alpha value is -3.80. The molecular weight excluding hydrogens is 372 g/mol. The second-order valence-corrected chi connectivity index (χ2v) is 6.39. The third-order valence-corrected chi connectivity index (χ3v) is 4.38. The number of carbonyl (C=O) groups is 2. The molecule has 0 saturated heterocycles. The Morgan fingerprint density at radius 3 is 2.72 bits per heavy atom. The van der Waals surface area contributed by atoms with Crippen LogP contribution in [-0.4, -0.2) is 18.4 Å². The van der Waals surface area contributed by atoms with Gasteiger partial charge >= 0.3 is 5.97 Å². The molecule has 6 nitrogen and oxygen atoms in total. The minimum absolute atomic E-state index is 0.0910. The van der Waals surface area contributed by atoms with Gasteiger partial charge in [0, 0.05) is 11.6 Å². The van der Waals surface area contributed by atoms with E-state index in [1.165, 1.54) is 18.4 Å². The number of fused-ring (bicyclic) bond motifs is 1. The fraction of sp³-hybridized carbons (Fsp3) is 0.130. The first-order valence-electron chi connectivity index (χ1n) is 9.13. The lowest BCUT2D eigenvalue weighted by Crippen LogP contribution is -2.07. The van der Waals surface area contributed by atoms with Crippen molar-refractivity contribution in [3.05, 3.63) is 83.0 Å². The molecule has 0 saturated carbocycles. The summed E-state index contributed by atoms with van der Waals surface area (Å²) in [6.45, 7) is 4.17. The molecule has 0 bridgehead atoms. The van der Waals surface area contributed by atoms with E-state index in [9.17, 15) is 9.59 Å². The number of allylic oxidation sites excluding steroid dienone is 1. The van der Waals surface area contributed by atoms with Crippen molar-refractivity contribution in [3.63, 3.8) is 0 Å². The molecule has 2 aromatic carbocycles. The van der Waals surface area contributed by atoms with Crippen LogP contribution in [0.5, 0.6) is 17.2 Å². The van der Waals surface area contributed by atoms with Gasteiger partial charge in [-0.25, -0.2) is 4.79 Å². The molecule has 6 heteroatoms. The third kappa shape index (κ3) is 3.65. The number of Topliss-reactive ketones (excluding diaryl/α,β-unsaturated/α-hetero) is 1. The molecule has 4 rings (SSSR count). The van der Waals surface area contributed by atoms with Crippen LogP contribution in [0.3, 0.4) is 0 Å². The summed E-state index contributed by atoms with van der Waals surface area (Å²) in [5, 5.41) is 0. The molecule has 29 heavy (non-hydrogen) atoms. The van der Waals surface area contributed by atoms with E-state index < -0.39 is 5.97 Å². The largest absolute Gasteiger partial charge is 0.493 e. The van der Waals surface area contributed by atoms with Gasteiger partial charge in [0.25, 0.3) is 0 Å². The maximum Gasteiger partial charge on any atom is 0.379 e. The Balaban J connectivity index is 1.63. The normalized spacial score (nSPS) is 13.9. The summed E-state index contributed by atoms with van der Waals surface area (Å²) in [5.74, 6) is 0.703. The van der Waals surface area contributed by atoms with Gasteiger partial charge in [-0.2, -0.15) is 0 Å². The van der Waals surface area contributed by atoms with Gasteiger partial charge in [0.15, 0.2) is 5.76 Å². The van der Waals surface area contributed by atoms with Gasteiger partial charge in [-0.1, -0.05) is 18.2 Å². The van der Waals surface area contributed by atoms with E-state index in [1.807, 2.05) is 31.2 Å². The second-order valence-electron chi connectivity index (χ2n) is 6.39. The monoisotopic (exact) mass is 390 g/mol. The van der Waals surface area contributed by atoms with Gasteiger partial charge in [0.2, 0.25) is 11.5 Å². The van der Waals surface area contributed by atoms with E-state index in [1.54, 1.807) is 25.1 Å². The molecule has 0 spiro atoms. The highest BCUT2D eigenvalue weighted by molar-refractivity contribution is 6.15. The lowest BCUT2D eigenvalue weighted by molar-refractivity contribution is 0.0701. The van der Waals surface area contributed by atoms with Gasteiger partial charge in [-0.05, 0) is 49.8 Å². The molecule has 146 valence electrons. The Kier molecular flexibility index (Phi) is 4.91. The predicted octanol–water partition coefficient (Wildman–Crippen LogP) is 4.82. The van der Waals surface area contributed by atoms with Crippen LogP contribution in [-0.2, 0) is 0 Å². The lowest BCUT2D eigenvalue weighted by atomic mass is 10.0. The highest BCUT2D eigenvalue weighted by Crippen LogP contribution is 2.38. The molecule has 0 amide bonds. The maximum atomic E-state index is 12.9. The number of furan rings is 1. The lowest BCUT2D eigenvalue weighted by Gasteiger charge is -2.07. The topological polar surface area (TPSA) is 75.0 Å². The molecule has 2 heterocycles. The SMILES string of the molecule is CCOc1ccccc1/C=C1\Oc2cc(OC(=O)c3ccco3)cc(C)c2C1=O. The average molecular weight is 390 g/mol. The molecule has 0 atom stereocenters. The first kappa shape index (κ1) is 18.6. The van der Waals surface area contributed by atoms with E-state index in [4.69, 9.17) is 18.6 Å². The number of benzene rings is 2. The Bertz CT molecular complexity index is 1110. The van der Waals surface area contributed by atoms with Gasteiger partial charge in [-0.3, -0.25) is 4.79 Å². The van der Waals surface area contributed by atoms with Crippen molar-refractivity contribution in [2.75, 3.05) is 6.61 Å². The maximum absolute atomic E-state index is 12.9. The summed E-state index contributed by atoms with van der Waals surface area (Å²) >= 11 is 0. The first-order chi connectivity index (χ1) is 14.1. The highest BCUT2D eigenvalue weighted by Gasteiger charge is 2.30. The highest BCUT2D eigenvalue weighted by atomic mass is 16.5. The van der Waals surface area contributed by atoms with Crippen molar-refractivity contribution >= 4 is 17.8 Å². The number of ketones is 1. The first-order valence-corrected chi connectivity index (χ1v) is 9.13. The van der Waals surface area contributed by atoms with E-state index in [-0.39, 0.29) is 23.1 Å². The number of esters is 1. The van der Waals surface area contributed by atoms with Crippen molar-refractivity contribution < 1.29 is 28.2 Å². The Morgan fingerprint density at radius 1 is 1.14 bits per heavy atom. The molecule has 0 aliphatic carbocycles. The summed E-state index contributed by atoms with van der Waals surface area (Å²) in [4.78, 5) is 25.0. The summed E-state index contributed by atoms with van der Waals surface area (Å²) in [5.41, 5.74) is 1.84. The molecule has 0 radical (unpaired) electrons. The van der Waals surface area contributed by atoms with Crippen LogP contribution in [0.15, 0.2) is 65.0 Å². The zero-order chi connectivity index (χ0) is 20.4. The second kappa shape index (κ2) is 7.67. The van der Waals surface area contributed by atoms with Crippen LogP contribution in [0, 0.1) is 6.92 Å². The number of hydrogen-bond acceptors (Lipinski definition) is 6. The molecule has 3 aromatic rings. The number of ether oxygens (including phenoxy) is 3. The number of hydrogen-bond donors (Lipinski definition) is 0. The molecule has 0 N–H and O–H groups in total. The zero-order valence-corrected chi connectivity index (χ0v) is 15.9. The predicted molar refractivity (Wildman–Crippen MR) is 105 cm³/mol. The Labute approximate surface area is 167 Å². The van der Waals surface area contributed by atoms with E-state index >= 15 is 0 Å². The van der Waals surface area contributed by atoms with Crippen LogP contribution in [0.4, 0.5) is 0 Å². The van der Waals surface area contributed by atoms with Gasteiger partial charge in [0.1, 0.15) is 17.2 Å². The number of aryl methyl sites for hydroxylation is 1. The molecule has 0 unspecified atom stereocenters. The number of carbonyl (C=O) groups excluding carboxylic acids is 2. The van der Waals surface area contributed by atoms with Crippen molar-refractivity contribution in [2.45, 2.75) is 13.8 Å². The van der Waals surface area contributed by atoms with Gasteiger partial charge in [-0.15, -0.1) is 0 Å². The number of para-hydroxylation sites is 1.